The molecule has 0 fully saturated rings. The maximum Gasteiger partial charge on any atom is 0.222 e. The van der Waals surface area contributed by atoms with Gasteiger partial charge >= 0.3 is 0 Å². The van der Waals surface area contributed by atoms with Crippen LogP contribution in [0.15, 0.2) is 59.3 Å². The summed E-state index contributed by atoms with van der Waals surface area (Å²) in [5, 5.41) is 0. The van der Waals surface area contributed by atoms with Crippen LogP contribution in [0.5, 0.6) is 0 Å². The fourth-order valence-electron chi connectivity index (χ4n) is 2.53. The molecular formula is C20H20FN3O2. The van der Waals surface area contributed by atoms with Gasteiger partial charge in [0.15, 0.2) is 11.7 Å². The number of carbonyl (C=O) groups excluding carboxylic acids is 1. The Bertz CT molecular complexity index is 847. The summed E-state index contributed by atoms with van der Waals surface area (Å²) in [7, 11) is 1.78. The van der Waals surface area contributed by atoms with Crippen molar-refractivity contribution in [2.24, 2.45) is 0 Å². The number of halogens is 1. The fraction of sp³-hybridized carbons (Fsp3) is 0.250. The molecule has 0 saturated heterocycles. The molecule has 0 radical (unpaired) electrons. The van der Waals surface area contributed by atoms with Crippen molar-refractivity contribution in [1.82, 2.24) is 14.9 Å². The first-order valence-electron chi connectivity index (χ1n) is 8.46. The van der Waals surface area contributed by atoms with Crippen LogP contribution in [-0.4, -0.2) is 34.4 Å². The predicted molar refractivity (Wildman–Crippen MR) is 95.8 cm³/mol. The van der Waals surface area contributed by atoms with Crippen molar-refractivity contribution in [1.29, 1.82) is 0 Å². The van der Waals surface area contributed by atoms with E-state index in [4.69, 9.17) is 4.42 Å². The standard InChI is InChI=1S/C20H20FN3O2/c1-24(13-11-17-4-2-3-12-22-17)20(25)10-9-19-23-14-18(26-19)15-5-7-16(21)8-6-15/h2-8,12,14H,9-11,13H2,1H3. The topological polar surface area (TPSA) is 59.2 Å². The van der Waals surface area contributed by atoms with Crippen molar-refractivity contribution in [3.8, 4) is 11.3 Å². The molecule has 0 bridgehead atoms. The van der Waals surface area contributed by atoms with Gasteiger partial charge in [0.1, 0.15) is 5.82 Å². The molecule has 6 heteroatoms. The van der Waals surface area contributed by atoms with E-state index < -0.39 is 0 Å². The number of hydrogen-bond acceptors (Lipinski definition) is 4. The molecule has 0 N–H and O–H groups in total. The lowest BCUT2D eigenvalue weighted by Gasteiger charge is -2.16. The molecule has 2 heterocycles. The smallest absolute Gasteiger partial charge is 0.222 e. The summed E-state index contributed by atoms with van der Waals surface area (Å²) >= 11 is 0. The van der Waals surface area contributed by atoms with Crippen molar-refractivity contribution >= 4 is 5.91 Å². The highest BCUT2D eigenvalue weighted by atomic mass is 19.1. The highest BCUT2D eigenvalue weighted by Gasteiger charge is 2.12. The zero-order valence-electron chi connectivity index (χ0n) is 14.6. The van der Waals surface area contributed by atoms with Crippen molar-refractivity contribution < 1.29 is 13.6 Å². The van der Waals surface area contributed by atoms with Crippen LogP contribution in [0.1, 0.15) is 18.0 Å². The molecule has 0 spiro atoms. The Balaban J connectivity index is 1.49. The number of likely N-dealkylation sites (N-methyl/N-ethyl adjacent to an activating group) is 1. The van der Waals surface area contributed by atoms with Crippen molar-refractivity contribution in [2.45, 2.75) is 19.3 Å². The van der Waals surface area contributed by atoms with Crippen molar-refractivity contribution in [2.75, 3.05) is 13.6 Å². The molecule has 2 aromatic heterocycles. The average Bonchev–Trinajstić information content (AvgIpc) is 3.14. The average molecular weight is 353 g/mol. The first-order chi connectivity index (χ1) is 12.6. The Labute approximate surface area is 151 Å². The second-order valence-corrected chi connectivity index (χ2v) is 6.01. The summed E-state index contributed by atoms with van der Waals surface area (Å²) in [4.78, 5) is 22.4. The van der Waals surface area contributed by atoms with Crippen LogP contribution in [0.3, 0.4) is 0 Å². The Morgan fingerprint density at radius 2 is 1.92 bits per heavy atom. The lowest BCUT2D eigenvalue weighted by atomic mass is 10.2. The number of pyridine rings is 1. The van der Waals surface area contributed by atoms with E-state index in [-0.39, 0.29) is 11.7 Å². The molecule has 134 valence electrons. The van der Waals surface area contributed by atoms with E-state index >= 15 is 0 Å². The number of nitrogens with zero attached hydrogens (tertiary/aromatic N) is 3. The number of amides is 1. The number of aryl methyl sites for hydroxylation is 1. The number of aromatic nitrogens is 2. The van der Waals surface area contributed by atoms with Gasteiger partial charge in [-0.15, -0.1) is 0 Å². The summed E-state index contributed by atoms with van der Waals surface area (Å²) in [6.07, 6.45) is 4.81. The van der Waals surface area contributed by atoms with Gasteiger partial charge in [0.25, 0.3) is 0 Å². The zero-order valence-corrected chi connectivity index (χ0v) is 14.6. The minimum Gasteiger partial charge on any atom is -0.441 e. The molecular weight excluding hydrogens is 333 g/mol. The molecule has 1 aromatic carbocycles. The van der Waals surface area contributed by atoms with E-state index in [9.17, 15) is 9.18 Å². The minimum atomic E-state index is -0.298. The Kier molecular flexibility index (Phi) is 5.73. The third-order valence-electron chi connectivity index (χ3n) is 4.09. The molecule has 0 aliphatic carbocycles. The Hall–Kier alpha value is -3.02. The van der Waals surface area contributed by atoms with E-state index in [1.165, 1.54) is 12.1 Å². The molecule has 0 aliphatic heterocycles. The normalized spacial score (nSPS) is 10.7. The van der Waals surface area contributed by atoms with Gasteiger partial charge in [-0.3, -0.25) is 9.78 Å². The fourth-order valence-corrected chi connectivity index (χ4v) is 2.53. The minimum absolute atomic E-state index is 0.0301. The zero-order chi connectivity index (χ0) is 18.4. The van der Waals surface area contributed by atoms with Crippen LogP contribution in [0.4, 0.5) is 4.39 Å². The molecule has 26 heavy (non-hydrogen) atoms. The third-order valence-corrected chi connectivity index (χ3v) is 4.09. The second-order valence-electron chi connectivity index (χ2n) is 6.01. The van der Waals surface area contributed by atoms with Crippen LogP contribution in [0.2, 0.25) is 0 Å². The molecule has 0 saturated carbocycles. The van der Waals surface area contributed by atoms with Crippen LogP contribution in [0.25, 0.3) is 11.3 Å². The molecule has 0 atom stereocenters. The van der Waals surface area contributed by atoms with E-state index in [2.05, 4.69) is 9.97 Å². The van der Waals surface area contributed by atoms with Gasteiger partial charge in [0, 0.05) is 50.3 Å². The van der Waals surface area contributed by atoms with Crippen molar-refractivity contribution in [3.05, 3.63) is 72.3 Å². The first kappa shape index (κ1) is 17.8. The maximum atomic E-state index is 13.0. The van der Waals surface area contributed by atoms with Gasteiger partial charge in [0.05, 0.1) is 6.20 Å². The summed E-state index contributed by atoms with van der Waals surface area (Å²) in [6.45, 7) is 0.613. The molecule has 0 aliphatic rings. The quantitative estimate of drug-likeness (QED) is 0.652. The number of hydrogen-bond donors (Lipinski definition) is 0. The molecule has 1 amide bonds. The van der Waals surface area contributed by atoms with Gasteiger partial charge in [-0.2, -0.15) is 0 Å². The van der Waals surface area contributed by atoms with E-state index in [0.29, 0.717) is 31.0 Å². The first-order valence-corrected chi connectivity index (χ1v) is 8.46. The number of carbonyl (C=O) groups is 1. The van der Waals surface area contributed by atoms with Gasteiger partial charge in [-0.05, 0) is 36.4 Å². The monoisotopic (exact) mass is 353 g/mol. The predicted octanol–water partition coefficient (Wildman–Crippen LogP) is 3.51. The maximum absolute atomic E-state index is 13.0. The van der Waals surface area contributed by atoms with Crippen LogP contribution >= 0.6 is 0 Å². The van der Waals surface area contributed by atoms with E-state index in [0.717, 1.165) is 17.7 Å². The number of rotatable bonds is 7. The largest absolute Gasteiger partial charge is 0.441 e. The van der Waals surface area contributed by atoms with E-state index in [1.807, 2.05) is 18.2 Å². The number of oxazole rings is 1. The van der Waals surface area contributed by atoms with Crippen LogP contribution < -0.4 is 0 Å². The van der Waals surface area contributed by atoms with Crippen LogP contribution in [-0.2, 0) is 17.6 Å². The summed E-state index contributed by atoms with van der Waals surface area (Å²) in [5.41, 5.74) is 1.72. The van der Waals surface area contributed by atoms with Gasteiger partial charge in [-0.1, -0.05) is 6.07 Å². The lowest BCUT2D eigenvalue weighted by Crippen LogP contribution is -2.29. The molecule has 3 rings (SSSR count). The lowest BCUT2D eigenvalue weighted by molar-refractivity contribution is -0.129. The summed E-state index contributed by atoms with van der Waals surface area (Å²) in [5.74, 6) is 0.794. The van der Waals surface area contributed by atoms with Gasteiger partial charge in [-0.25, -0.2) is 9.37 Å². The number of benzene rings is 1. The van der Waals surface area contributed by atoms with Crippen molar-refractivity contribution in [3.63, 3.8) is 0 Å². The summed E-state index contributed by atoms with van der Waals surface area (Å²) < 4.78 is 18.6. The highest BCUT2D eigenvalue weighted by molar-refractivity contribution is 5.76. The van der Waals surface area contributed by atoms with E-state index in [1.54, 1.807) is 36.5 Å². The van der Waals surface area contributed by atoms with Gasteiger partial charge < -0.3 is 9.32 Å². The second kappa shape index (κ2) is 8.38. The summed E-state index contributed by atoms with van der Waals surface area (Å²) in [6, 6.07) is 11.8. The SMILES string of the molecule is CN(CCc1ccccn1)C(=O)CCc1ncc(-c2ccc(F)cc2)o1. The molecule has 3 aromatic rings. The molecule has 0 unspecified atom stereocenters. The molecule has 5 nitrogen and oxygen atoms in total. The third kappa shape index (κ3) is 4.75. The highest BCUT2D eigenvalue weighted by Crippen LogP contribution is 2.21. The Morgan fingerprint density at radius 1 is 1.12 bits per heavy atom. The van der Waals surface area contributed by atoms with Gasteiger partial charge in [0.2, 0.25) is 5.91 Å². The Morgan fingerprint density at radius 3 is 2.65 bits per heavy atom. The van der Waals surface area contributed by atoms with Crippen LogP contribution in [0, 0.1) is 5.82 Å².